The fourth-order valence-corrected chi connectivity index (χ4v) is 1.60. The SMILES string of the molecule is CCCOc1cc2nnnn2c(SC)n1. The van der Waals surface area contributed by atoms with Crippen LogP contribution in [0.3, 0.4) is 0 Å². The largest absolute Gasteiger partial charge is 0.478 e. The molecule has 0 radical (unpaired) electrons. The molecule has 0 fully saturated rings. The molecule has 0 bridgehead atoms. The van der Waals surface area contributed by atoms with Crippen LogP contribution in [0.2, 0.25) is 0 Å². The molecule has 6 nitrogen and oxygen atoms in total. The van der Waals surface area contributed by atoms with Crippen LogP contribution < -0.4 is 4.74 Å². The van der Waals surface area contributed by atoms with E-state index in [9.17, 15) is 0 Å². The Bertz CT molecular complexity index is 457. The van der Waals surface area contributed by atoms with E-state index in [1.807, 2.05) is 13.2 Å². The van der Waals surface area contributed by atoms with Crippen LogP contribution in [0.1, 0.15) is 13.3 Å². The summed E-state index contributed by atoms with van der Waals surface area (Å²) in [6, 6.07) is 1.73. The lowest BCUT2D eigenvalue weighted by Crippen LogP contribution is -2.02. The third-order valence-electron chi connectivity index (χ3n) is 1.77. The molecule has 0 amide bonds. The van der Waals surface area contributed by atoms with Gasteiger partial charge in [0, 0.05) is 6.07 Å². The third-order valence-corrected chi connectivity index (χ3v) is 2.40. The number of aromatic nitrogens is 5. The van der Waals surface area contributed by atoms with Crippen molar-refractivity contribution in [1.82, 2.24) is 25.0 Å². The van der Waals surface area contributed by atoms with Crippen LogP contribution in [0, 0.1) is 0 Å². The summed E-state index contributed by atoms with van der Waals surface area (Å²) in [6.07, 6.45) is 2.87. The zero-order valence-corrected chi connectivity index (χ0v) is 9.36. The van der Waals surface area contributed by atoms with Crippen molar-refractivity contribution in [3.63, 3.8) is 0 Å². The van der Waals surface area contributed by atoms with Crippen LogP contribution in [0.25, 0.3) is 5.65 Å². The first-order chi connectivity index (χ1) is 7.35. The maximum atomic E-state index is 5.44. The molecule has 0 aliphatic carbocycles. The van der Waals surface area contributed by atoms with Crippen LogP contribution in [0.5, 0.6) is 5.88 Å². The molecule has 0 saturated heterocycles. The summed E-state index contributed by atoms with van der Waals surface area (Å²) in [7, 11) is 0. The average Bonchev–Trinajstić information content (AvgIpc) is 2.73. The smallest absolute Gasteiger partial charge is 0.219 e. The Morgan fingerprint density at radius 2 is 2.40 bits per heavy atom. The molecule has 0 aliphatic heterocycles. The second kappa shape index (κ2) is 4.43. The molecule has 2 aromatic heterocycles. The molecule has 0 spiro atoms. The summed E-state index contributed by atoms with van der Waals surface area (Å²) in [5.74, 6) is 0.573. The molecule has 0 unspecified atom stereocenters. The maximum Gasteiger partial charge on any atom is 0.219 e. The van der Waals surface area contributed by atoms with Gasteiger partial charge in [-0.05, 0) is 23.1 Å². The van der Waals surface area contributed by atoms with Crippen molar-refractivity contribution >= 4 is 17.4 Å². The number of thioether (sulfide) groups is 1. The molecule has 0 N–H and O–H groups in total. The van der Waals surface area contributed by atoms with Crippen LogP contribution in [-0.2, 0) is 0 Å². The van der Waals surface area contributed by atoms with Gasteiger partial charge in [-0.15, -0.1) is 5.10 Å². The van der Waals surface area contributed by atoms with Crippen molar-refractivity contribution in [2.75, 3.05) is 12.9 Å². The minimum Gasteiger partial charge on any atom is -0.478 e. The Labute approximate surface area is 91.0 Å². The molecular formula is C8H11N5OS. The number of fused-ring (bicyclic) bond motifs is 1. The van der Waals surface area contributed by atoms with Crippen LogP contribution >= 0.6 is 11.8 Å². The van der Waals surface area contributed by atoms with Crippen molar-refractivity contribution < 1.29 is 4.74 Å². The van der Waals surface area contributed by atoms with E-state index in [1.165, 1.54) is 11.8 Å². The summed E-state index contributed by atoms with van der Waals surface area (Å²) in [4.78, 5) is 4.29. The Hall–Kier alpha value is -1.37. The average molecular weight is 225 g/mol. The Kier molecular flexibility index (Phi) is 3.00. The fourth-order valence-electron chi connectivity index (χ4n) is 1.12. The quantitative estimate of drug-likeness (QED) is 0.572. The lowest BCUT2D eigenvalue weighted by molar-refractivity contribution is 0.301. The Balaban J connectivity index is 2.40. The van der Waals surface area contributed by atoms with Crippen molar-refractivity contribution in [1.29, 1.82) is 0 Å². The first-order valence-electron chi connectivity index (χ1n) is 4.61. The summed E-state index contributed by atoms with van der Waals surface area (Å²) in [6.45, 7) is 2.70. The molecule has 2 rings (SSSR count). The maximum absolute atomic E-state index is 5.44. The highest BCUT2D eigenvalue weighted by Crippen LogP contribution is 2.17. The second-order valence-electron chi connectivity index (χ2n) is 2.88. The number of hydrogen-bond donors (Lipinski definition) is 0. The van der Waals surface area contributed by atoms with Gasteiger partial charge < -0.3 is 4.74 Å². The predicted octanol–water partition coefficient (Wildman–Crippen LogP) is 1.03. The van der Waals surface area contributed by atoms with Crippen LogP contribution in [0.15, 0.2) is 11.2 Å². The fraction of sp³-hybridized carbons (Fsp3) is 0.500. The van der Waals surface area contributed by atoms with Gasteiger partial charge >= 0.3 is 0 Å². The van der Waals surface area contributed by atoms with Crippen molar-refractivity contribution in [2.45, 2.75) is 18.5 Å². The van der Waals surface area contributed by atoms with Crippen LogP contribution in [-0.4, -0.2) is 37.9 Å². The number of rotatable bonds is 4. The van der Waals surface area contributed by atoms with E-state index >= 15 is 0 Å². The Morgan fingerprint density at radius 3 is 3.13 bits per heavy atom. The number of tetrazole rings is 1. The van der Waals surface area contributed by atoms with Gasteiger partial charge in [0.15, 0.2) is 10.8 Å². The molecule has 2 aromatic rings. The first kappa shape index (κ1) is 10.2. The molecule has 0 atom stereocenters. The van der Waals surface area contributed by atoms with Gasteiger partial charge in [-0.25, -0.2) is 0 Å². The summed E-state index contributed by atoms with van der Waals surface area (Å²) in [5, 5.41) is 12.0. The van der Waals surface area contributed by atoms with E-state index in [0.717, 1.165) is 11.6 Å². The first-order valence-corrected chi connectivity index (χ1v) is 5.83. The molecule has 0 saturated carbocycles. The summed E-state index contributed by atoms with van der Waals surface area (Å²) in [5.41, 5.74) is 0.653. The molecule has 0 aromatic carbocycles. The van der Waals surface area contributed by atoms with E-state index in [-0.39, 0.29) is 0 Å². The zero-order valence-electron chi connectivity index (χ0n) is 8.54. The normalized spacial score (nSPS) is 10.8. The molecule has 15 heavy (non-hydrogen) atoms. The highest BCUT2D eigenvalue weighted by atomic mass is 32.2. The van der Waals surface area contributed by atoms with Gasteiger partial charge in [-0.3, -0.25) is 0 Å². The molecule has 80 valence electrons. The monoisotopic (exact) mass is 225 g/mol. The van der Waals surface area contributed by atoms with E-state index in [1.54, 1.807) is 10.6 Å². The highest BCUT2D eigenvalue weighted by Gasteiger charge is 2.07. The lowest BCUT2D eigenvalue weighted by atomic mass is 10.5. The number of nitrogens with zero attached hydrogens (tertiary/aromatic N) is 5. The van der Waals surface area contributed by atoms with Gasteiger partial charge in [0.1, 0.15) is 0 Å². The second-order valence-corrected chi connectivity index (χ2v) is 3.65. The van der Waals surface area contributed by atoms with E-state index in [0.29, 0.717) is 18.1 Å². The summed E-state index contributed by atoms with van der Waals surface area (Å²) >= 11 is 1.48. The van der Waals surface area contributed by atoms with Gasteiger partial charge in [0.2, 0.25) is 5.88 Å². The van der Waals surface area contributed by atoms with E-state index in [2.05, 4.69) is 20.5 Å². The Morgan fingerprint density at radius 1 is 1.53 bits per heavy atom. The minimum atomic E-state index is 0.573. The molecule has 0 aliphatic rings. The third kappa shape index (κ3) is 2.01. The number of ether oxygens (including phenoxy) is 1. The van der Waals surface area contributed by atoms with E-state index in [4.69, 9.17) is 4.74 Å². The summed E-state index contributed by atoms with van der Waals surface area (Å²) < 4.78 is 7.03. The molecule has 2 heterocycles. The molecule has 7 heteroatoms. The topological polar surface area (TPSA) is 65.2 Å². The predicted molar refractivity (Wildman–Crippen MR) is 56.1 cm³/mol. The lowest BCUT2D eigenvalue weighted by Gasteiger charge is -2.05. The number of hydrogen-bond acceptors (Lipinski definition) is 6. The van der Waals surface area contributed by atoms with Crippen molar-refractivity contribution in [3.05, 3.63) is 6.07 Å². The van der Waals surface area contributed by atoms with Gasteiger partial charge in [0.25, 0.3) is 0 Å². The van der Waals surface area contributed by atoms with Gasteiger partial charge in [-0.2, -0.15) is 9.50 Å². The molecular weight excluding hydrogens is 214 g/mol. The van der Waals surface area contributed by atoms with Crippen molar-refractivity contribution in [2.24, 2.45) is 0 Å². The van der Waals surface area contributed by atoms with Gasteiger partial charge in [-0.1, -0.05) is 18.7 Å². The minimum absolute atomic E-state index is 0.573. The highest BCUT2D eigenvalue weighted by molar-refractivity contribution is 7.98. The van der Waals surface area contributed by atoms with Crippen LogP contribution in [0.4, 0.5) is 0 Å². The standard InChI is InChI=1S/C8H11N5OS/c1-3-4-14-7-5-6-10-11-12-13(6)8(9-7)15-2/h5H,3-4H2,1-2H3. The van der Waals surface area contributed by atoms with E-state index < -0.39 is 0 Å². The van der Waals surface area contributed by atoms with Crippen molar-refractivity contribution in [3.8, 4) is 5.88 Å². The zero-order chi connectivity index (χ0) is 10.7. The van der Waals surface area contributed by atoms with Gasteiger partial charge in [0.05, 0.1) is 6.61 Å².